The standard InChI is InChI=1S/C42H33N/c1-4-43-39-16-10-9-11-33(39)38-26-31(21-22-40(38)43)29-17-19-30(20-18-29)41-34-12-5-7-14-36(34)42(37-15-8-6-13-35(37)41)32-24-27(2)23-28(3)25-32/h5-26H,4H2,1-3H3. The van der Waals surface area contributed by atoms with Gasteiger partial charge >= 0.3 is 0 Å². The number of hydrogen-bond donors (Lipinski definition) is 0. The van der Waals surface area contributed by atoms with Crippen molar-refractivity contribution in [1.29, 1.82) is 0 Å². The summed E-state index contributed by atoms with van der Waals surface area (Å²) in [6.45, 7) is 7.56. The van der Waals surface area contributed by atoms with Gasteiger partial charge in [-0.1, -0.05) is 126 Å². The van der Waals surface area contributed by atoms with Crippen molar-refractivity contribution >= 4 is 43.4 Å². The molecule has 0 N–H and O–H groups in total. The average Bonchev–Trinajstić information content (AvgIpc) is 3.36. The number of benzene rings is 7. The lowest BCUT2D eigenvalue weighted by atomic mass is 9.85. The summed E-state index contributed by atoms with van der Waals surface area (Å²) in [7, 11) is 0. The number of nitrogens with zero attached hydrogens (tertiary/aromatic N) is 1. The molecule has 0 aliphatic carbocycles. The Bertz CT molecular complexity index is 2260. The van der Waals surface area contributed by atoms with Crippen LogP contribution >= 0.6 is 0 Å². The third kappa shape index (κ3) is 4.07. The maximum absolute atomic E-state index is 2.41. The number of para-hydroxylation sites is 1. The van der Waals surface area contributed by atoms with Crippen LogP contribution in [0.2, 0.25) is 0 Å². The van der Waals surface area contributed by atoms with E-state index in [0.717, 1.165) is 6.54 Å². The van der Waals surface area contributed by atoms with Gasteiger partial charge in [-0.25, -0.2) is 0 Å². The molecular formula is C42H33N. The molecule has 0 bridgehead atoms. The van der Waals surface area contributed by atoms with Crippen LogP contribution in [0.4, 0.5) is 0 Å². The first-order chi connectivity index (χ1) is 21.1. The molecule has 0 fully saturated rings. The van der Waals surface area contributed by atoms with Crippen molar-refractivity contribution in [3.8, 4) is 33.4 Å². The third-order valence-electron chi connectivity index (χ3n) is 9.04. The predicted molar refractivity (Wildman–Crippen MR) is 186 cm³/mol. The molecule has 43 heavy (non-hydrogen) atoms. The molecule has 1 aromatic heterocycles. The maximum Gasteiger partial charge on any atom is 0.0491 e. The Morgan fingerprint density at radius 1 is 0.395 bits per heavy atom. The highest BCUT2D eigenvalue weighted by molar-refractivity contribution is 6.21. The Balaban J connectivity index is 1.31. The molecule has 1 nitrogen and oxygen atoms in total. The van der Waals surface area contributed by atoms with Gasteiger partial charge in [-0.05, 0) is 93.9 Å². The van der Waals surface area contributed by atoms with E-state index in [1.807, 2.05) is 0 Å². The summed E-state index contributed by atoms with van der Waals surface area (Å²) in [6, 6.07) is 49.6. The SMILES string of the molecule is CCn1c2ccccc2c2cc(-c3ccc(-c4c5ccccc5c(-c5cc(C)cc(C)c5)c5ccccc45)cc3)ccc21. The van der Waals surface area contributed by atoms with Crippen molar-refractivity contribution in [3.63, 3.8) is 0 Å². The van der Waals surface area contributed by atoms with Gasteiger partial charge in [-0.15, -0.1) is 0 Å². The monoisotopic (exact) mass is 551 g/mol. The molecule has 8 rings (SSSR count). The lowest BCUT2D eigenvalue weighted by Gasteiger charge is -2.18. The minimum Gasteiger partial charge on any atom is -0.341 e. The van der Waals surface area contributed by atoms with Crippen molar-refractivity contribution in [2.24, 2.45) is 0 Å². The second-order valence-electron chi connectivity index (χ2n) is 11.8. The maximum atomic E-state index is 2.41. The second-order valence-corrected chi connectivity index (χ2v) is 11.8. The summed E-state index contributed by atoms with van der Waals surface area (Å²) in [4.78, 5) is 0. The first-order valence-corrected chi connectivity index (χ1v) is 15.2. The molecule has 1 heterocycles. The lowest BCUT2D eigenvalue weighted by Crippen LogP contribution is -1.92. The molecule has 0 aliphatic rings. The second kappa shape index (κ2) is 10.00. The normalized spacial score (nSPS) is 11.7. The topological polar surface area (TPSA) is 4.93 Å². The number of aromatic nitrogens is 1. The van der Waals surface area contributed by atoms with E-state index in [4.69, 9.17) is 0 Å². The van der Waals surface area contributed by atoms with Crippen molar-refractivity contribution in [1.82, 2.24) is 4.57 Å². The molecule has 0 saturated heterocycles. The molecule has 0 saturated carbocycles. The highest BCUT2D eigenvalue weighted by Gasteiger charge is 2.17. The molecule has 8 aromatic rings. The van der Waals surface area contributed by atoms with Gasteiger partial charge in [-0.3, -0.25) is 0 Å². The zero-order valence-electron chi connectivity index (χ0n) is 24.9. The minimum atomic E-state index is 0.961. The first-order valence-electron chi connectivity index (χ1n) is 15.2. The number of fused-ring (bicyclic) bond motifs is 5. The van der Waals surface area contributed by atoms with Crippen LogP contribution in [0.1, 0.15) is 18.1 Å². The Morgan fingerprint density at radius 3 is 1.44 bits per heavy atom. The molecule has 0 unspecified atom stereocenters. The van der Waals surface area contributed by atoms with Crippen LogP contribution in [0.25, 0.3) is 76.7 Å². The van der Waals surface area contributed by atoms with Crippen LogP contribution in [0.5, 0.6) is 0 Å². The molecule has 0 spiro atoms. The van der Waals surface area contributed by atoms with E-state index in [1.165, 1.54) is 87.9 Å². The van der Waals surface area contributed by atoms with Crippen LogP contribution < -0.4 is 0 Å². The molecule has 206 valence electrons. The lowest BCUT2D eigenvalue weighted by molar-refractivity contribution is 0.827. The third-order valence-corrected chi connectivity index (χ3v) is 9.04. The van der Waals surface area contributed by atoms with E-state index in [9.17, 15) is 0 Å². The van der Waals surface area contributed by atoms with Gasteiger partial charge < -0.3 is 4.57 Å². The molecule has 0 aliphatic heterocycles. The van der Waals surface area contributed by atoms with Gasteiger partial charge in [0.05, 0.1) is 0 Å². The highest BCUT2D eigenvalue weighted by Crippen LogP contribution is 2.44. The zero-order valence-corrected chi connectivity index (χ0v) is 24.9. The van der Waals surface area contributed by atoms with E-state index < -0.39 is 0 Å². The fourth-order valence-electron chi connectivity index (χ4n) is 7.27. The molecule has 0 atom stereocenters. The van der Waals surface area contributed by atoms with Crippen molar-refractivity contribution in [2.45, 2.75) is 27.3 Å². The van der Waals surface area contributed by atoms with Crippen molar-refractivity contribution in [2.75, 3.05) is 0 Å². The minimum absolute atomic E-state index is 0.961. The molecule has 7 aromatic carbocycles. The van der Waals surface area contributed by atoms with Gasteiger partial charge in [0.2, 0.25) is 0 Å². The van der Waals surface area contributed by atoms with Crippen LogP contribution in [-0.2, 0) is 6.54 Å². The Hall–Kier alpha value is -5.14. The van der Waals surface area contributed by atoms with Gasteiger partial charge in [-0.2, -0.15) is 0 Å². The van der Waals surface area contributed by atoms with Crippen LogP contribution in [0, 0.1) is 13.8 Å². The summed E-state index contributed by atoms with van der Waals surface area (Å²) < 4.78 is 2.41. The summed E-state index contributed by atoms with van der Waals surface area (Å²) in [5.74, 6) is 0. The molecule has 1 heteroatoms. The predicted octanol–water partition coefficient (Wildman–Crippen LogP) is 11.7. The van der Waals surface area contributed by atoms with Gasteiger partial charge in [0.15, 0.2) is 0 Å². The van der Waals surface area contributed by atoms with Crippen molar-refractivity contribution in [3.05, 3.63) is 145 Å². The smallest absolute Gasteiger partial charge is 0.0491 e. The molecule has 0 amide bonds. The summed E-state index contributed by atoms with van der Waals surface area (Å²) in [6.07, 6.45) is 0. The summed E-state index contributed by atoms with van der Waals surface area (Å²) >= 11 is 0. The van der Waals surface area contributed by atoms with Crippen molar-refractivity contribution < 1.29 is 0 Å². The Labute approximate surface area is 252 Å². The first kappa shape index (κ1) is 25.6. The number of rotatable bonds is 4. The number of hydrogen-bond acceptors (Lipinski definition) is 0. The van der Waals surface area contributed by atoms with Crippen LogP contribution in [-0.4, -0.2) is 4.57 Å². The van der Waals surface area contributed by atoms with E-state index >= 15 is 0 Å². The average molecular weight is 552 g/mol. The Kier molecular flexibility index (Phi) is 5.94. The van der Waals surface area contributed by atoms with Gasteiger partial charge in [0.1, 0.15) is 0 Å². The highest BCUT2D eigenvalue weighted by atomic mass is 15.0. The zero-order chi connectivity index (χ0) is 29.1. The van der Waals surface area contributed by atoms with E-state index in [2.05, 4.69) is 159 Å². The summed E-state index contributed by atoms with van der Waals surface area (Å²) in [5.41, 5.74) is 12.8. The van der Waals surface area contributed by atoms with E-state index in [-0.39, 0.29) is 0 Å². The van der Waals surface area contributed by atoms with Crippen LogP contribution in [0.3, 0.4) is 0 Å². The largest absolute Gasteiger partial charge is 0.341 e. The fraction of sp³-hybridized carbons (Fsp3) is 0.0952. The van der Waals surface area contributed by atoms with E-state index in [0.29, 0.717) is 0 Å². The molecular weight excluding hydrogens is 518 g/mol. The fourth-order valence-corrected chi connectivity index (χ4v) is 7.27. The van der Waals surface area contributed by atoms with E-state index in [1.54, 1.807) is 0 Å². The van der Waals surface area contributed by atoms with Crippen LogP contribution in [0.15, 0.2) is 133 Å². The summed E-state index contributed by atoms with van der Waals surface area (Å²) in [5, 5.41) is 7.80. The Morgan fingerprint density at radius 2 is 0.860 bits per heavy atom. The quantitative estimate of drug-likeness (QED) is 0.192. The molecule has 0 radical (unpaired) electrons. The van der Waals surface area contributed by atoms with Gasteiger partial charge in [0.25, 0.3) is 0 Å². The van der Waals surface area contributed by atoms with Gasteiger partial charge in [0, 0.05) is 28.4 Å². The number of aryl methyl sites for hydroxylation is 3.